The highest BCUT2D eigenvalue weighted by atomic mass is 16.5. The van der Waals surface area contributed by atoms with Gasteiger partial charge < -0.3 is 9.47 Å². The Morgan fingerprint density at radius 1 is 1.17 bits per heavy atom. The molecule has 0 saturated carbocycles. The number of carbonyl (C=O) groups excluding carboxylic acids is 2. The summed E-state index contributed by atoms with van der Waals surface area (Å²) >= 11 is 0. The van der Waals surface area contributed by atoms with Crippen molar-refractivity contribution in [2.75, 3.05) is 7.11 Å². The van der Waals surface area contributed by atoms with E-state index in [2.05, 4.69) is 10.5 Å². The smallest absolute Gasteiger partial charge is 0.308 e. The lowest BCUT2D eigenvalue weighted by Gasteiger charge is -2.07. The van der Waals surface area contributed by atoms with E-state index in [1.807, 2.05) is 13.0 Å². The van der Waals surface area contributed by atoms with Crippen molar-refractivity contribution < 1.29 is 19.1 Å². The minimum absolute atomic E-state index is 0.376. The lowest BCUT2D eigenvalue weighted by Crippen LogP contribution is -2.18. The fourth-order valence-electron chi connectivity index (χ4n) is 2.04. The predicted octanol–water partition coefficient (Wildman–Crippen LogP) is 2.69. The molecule has 0 fully saturated rings. The van der Waals surface area contributed by atoms with Gasteiger partial charge in [0.1, 0.15) is 11.5 Å². The third kappa shape index (κ3) is 4.67. The number of hydrogen-bond donors (Lipinski definition) is 1. The van der Waals surface area contributed by atoms with Gasteiger partial charge in [0.15, 0.2) is 0 Å². The first kappa shape index (κ1) is 17.2. The molecule has 0 radical (unpaired) electrons. The second-order valence-electron chi connectivity index (χ2n) is 5.07. The lowest BCUT2D eigenvalue weighted by molar-refractivity contribution is -0.131. The summed E-state index contributed by atoms with van der Waals surface area (Å²) in [4.78, 5) is 23.1. The summed E-state index contributed by atoms with van der Waals surface area (Å²) in [6.07, 6.45) is 1.46. The topological polar surface area (TPSA) is 77.0 Å². The van der Waals surface area contributed by atoms with Crippen LogP contribution in [0.3, 0.4) is 0 Å². The highest BCUT2D eigenvalue weighted by Crippen LogP contribution is 2.19. The molecule has 2 rings (SSSR count). The number of benzene rings is 2. The molecule has 1 amide bonds. The summed E-state index contributed by atoms with van der Waals surface area (Å²) in [7, 11) is 1.51. The minimum atomic E-state index is -0.399. The number of rotatable bonds is 5. The summed E-state index contributed by atoms with van der Waals surface area (Å²) in [6.45, 7) is 3.24. The average molecular weight is 326 g/mol. The summed E-state index contributed by atoms with van der Waals surface area (Å²) < 4.78 is 10.2. The number of ether oxygens (including phenoxy) is 2. The van der Waals surface area contributed by atoms with Crippen molar-refractivity contribution in [1.82, 2.24) is 5.43 Å². The highest BCUT2D eigenvalue weighted by molar-refractivity contribution is 5.97. The number of nitrogens with one attached hydrogen (secondary N) is 1. The Hall–Kier alpha value is -3.15. The molecular weight excluding hydrogens is 308 g/mol. The van der Waals surface area contributed by atoms with Crippen LogP contribution in [-0.2, 0) is 4.79 Å². The Bertz CT molecular complexity index is 784. The fraction of sp³-hybridized carbons (Fsp3) is 0.167. The van der Waals surface area contributed by atoms with Gasteiger partial charge in [-0.3, -0.25) is 9.59 Å². The van der Waals surface area contributed by atoms with E-state index in [0.717, 1.165) is 5.56 Å². The second-order valence-corrected chi connectivity index (χ2v) is 5.07. The first-order chi connectivity index (χ1) is 11.5. The Kier molecular flexibility index (Phi) is 5.68. The molecule has 0 unspecified atom stereocenters. The zero-order valence-corrected chi connectivity index (χ0v) is 13.7. The third-order valence-corrected chi connectivity index (χ3v) is 3.10. The SMILES string of the molecule is COc1cc(C)ccc1C(=O)N/N=C\c1cccc(OC(C)=O)c1. The van der Waals surface area contributed by atoms with Crippen molar-refractivity contribution in [3.63, 3.8) is 0 Å². The molecule has 6 nitrogen and oxygen atoms in total. The molecular formula is C18H18N2O4. The number of amides is 1. The molecule has 0 spiro atoms. The van der Waals surface area contributed by atoms with Gasteiger partial charge in [0, 0.05) is 6.92 Å². The molecule has 1 N–H and O–H groups in total. The molecule has 0 aliphatic rings. The largest absolute Gasteiger partial charge is 0.496 e. The molecule has 124 valence electrons. The van der Waals surface area contributed by atoms with Crippen LogP contribution in [0, 0.1) is 6.92 Å². The van der Waals surface area contributed by atoms with Gasteiger partial charge in [-0.15, -0.1) is 0 Å². The molecule has 24 heavy (non-hydrogen) atoms. The molecule has 0 aromatic heterocycles. The predicted molar refractivity (Wildman–Crippen MR) is 90.5 cm³/mol. The van der Waals surface area contributed by atoms with E-state index in [1.165, 1.54) is 20.2 Å². The van der Waals surface area contributed by atoms with Crippen molar-refractivity contribution in [2.24, 2.45) is 5.10 Å². The summed E-state index contributed by atoms with van der Waals surface area (Å²) in [5, 5.41) is 3.92. The van der Waals surface area contributed by atoms with E-state index >= 15 is 0 Å². The Morgan fingerprint density at radius 3 is 2.67 bits per heavy atom. The molecule has 6 heteroatoms. The normalized spacial score (nSPS) is 10.5. The average Bonchev–Trinajstić information content (AvgIpc) is 2.54. The van der Waals surface area contributed by atoms with Crippen LogP contribution in [0.15, 0.2) is 47.6 Å². The Balaban J connectivity index is 2.06. The standard InChI is InChI=1S/C18H18N2O4/c1-12-7-8-16(17(9-12)23-3)18(22)20-19-11-14-5-4-6-15(10-14)24-13(2)21/h4-11H,1-3H3,(H,20,22)/b19-11-. The van der Waals surface area contributed by atoms with Gasteiger partial charge in [-0.25, -0.2) is 5.43 Å². The zero-order chi connectivity index (χ0) is 17.5. The van der Waals surface area contributed by atoms with Gasteiger partial charge in [-0.1, -0.05) is 18.2 Å². The number of nitrogens with zero attached hydrogens (tertiary/aromatic N) is 1. The van der Waals surface area contributed by atoms with Gasteiger partial charge in [-0.2, -0.15) is 5.10 Å². The molecule has 0 aliphatic carbocycles. The fourth-order valence-corrected chi connectivity index (χ4v) is 2.04. The van der Waals surface area contributed by atoms with Gasteiger partial charge in [-0.05, 0) is 42.3 Å². The number of esters is 1. The maximum atomic E-state index is 12.2. The Labute approximate surface area is 140 Å². The Morgan fingerprint density at radius 2 is 1.96 bits per heavy atom. The molecule has 0 bridgehead atoms. The van der Waals surface area contributed by atoms with Crippen molar-refractivity contribution >= 4 is 18.1 Å². The van der Waals surface area contributed by atoms with E-state index in [1.54, 1.807) is 36.4 Å². The molecule has 2 aromatic carbocycles. The van der Waals surface area contributed by atoms with Crippen molar-refractivity contribution in [3.8, 4) is 11.5 Å². The van der Waals surface area contributed by atoms with Crippen LogP contribution >= 0.6 is 0 Å². The van der Waals surface area contributed by atoms with Crippen LogP contribution in [0.25, 0.3) is 0 Å². The number of carbonyl (C=O) groups is 2. The van der Waals surface area contributed by atoms with Crippen LogP contribution < -0.4 is 14.9 Å². The molecule has 2 aromatic rings. The monoisotopic (exact) mass is 326 g/mol. The van der Waals surface area contributed by atoms with E-state index in [-0.39, 0.29) is 5.91 Å². The van der Waals surface area contributed by atoms with E-state index in [4.69, 9.17) is 9.47 Å². The van der Waals surface area contributed by atoms with E-state index in [9.17, 15) is 9.59 Å². The second kappa shape index (κ2) is 7.92. The number of aryl methyl sites for hydroxylation is 1. The number of hydrogen-bond acceptors (Lipinski definition) is 5. The number of methoxy groups -OCH3 is 1. The molecule has 0 saturated heterocycles. The van der Waals surface area contributed by atoms with E-state index in [0.29, 0.717) is 22.6 Å². The van der Waals surface area contributed by atoms with Crippen molar-refractivity contribution in [1.29, 1.82) is 0 Å². The zero-order valence-electron chi connectivity index (χ0n) is 13.7. The summed E-state index contributed by atoms with van der Waals surface area (Å²) in [5.74, 6) is 0.126. The molecule has 0 heterocycles. The van der Waals surface area contributed by atoms with Crippen LogP contribution in [0.4, 0.5) is 0 Å². The van der Waals surface area contributed by atoms with Crippen LogP contribution in [-0.4, -0.2) is 25.2 Å². The van der Waals surface area contributed by atoms with Crippen molar-refractivity contribution in [3.05, 3.63) is 59.2 Å². The van der Waals surface area contributed by atoms with Crippen LogP contribution in [0.5, 0.6) is 11.5 Å². The first-order valence-corrected chi connectivity index (χ1v) is 7.26. The van der Waals surface area contributed by atoms with Crippen molar-refractivity contribution in [2.45, 2.75) is 13.8 Å². The molecule has 0 aliphatic heterocycles. The quantitative estimate of drug-likeness (QED) is 0.397. The first-order valence-electron chi connectivity index (χ1n) is 7.26. The maximum absolute atomic E-state index is 12.2. The number of hydrazone groups is 1. The third-order valence-electron chi connectivity index (χ3n) is 3.10. The van der Waals surface area contributed by atoms with E-state index < -0.39 is 5.97 Å². The molecule has 0 atom stereocenters. The van der Waals surface area contributed by atoms with Crippen LogP contribution in [0.1, 0.15) is 28.4 Å². The van der Waals surface area contributed by atoms with Gasteiger partial charge in [0.05, 0.1) is 18.9 Å². The minimum Gasteiger partial charge on any atom is -0.496 e. The maximum Gasteiger partial charge on any atom is 0.308 e. The van der Waals surface area contributed by atoms with Crippen LogP contribution in [0.2, 0.25) is 0 Å². The highest BCUT2D eigenvalue weighted by Gasteiger charge is 2.11. The van der Waals surface area contributed by atoms with Gasteiger partial charge in [0.25, 0.3) is 5.91 Å². The van der Waals surface area contributed by atoms with Gasteiger partial charge >= 0.3 is 5.97 Å². The summed E-state index contributed by atoms with van der Waals surface area (Å²) in [5.41, 5.74) is 4.52. The summed E-state index contributed by atoms with van der Waals surface area (Å²) in [6, 6.07) is 12.1. The van der Waals surface area contributed by atoms with Gasteiger partial charge in [0.2, 0.25) is 0 Å². The lowest BCUT2D eigenvalue weighted by atomic mass is 10.1.